The van der Waals surface area contributed by atoms with Crippen molar-refractivity contribution >= 4 is 0 Å². The Morgan fingerprint density at radius 1 is 1.44 bits per heavy atom. The zero-order valence-corrected chi connectivity index (χ0v) is 11.0. The first-order chi connectivity index (χ1) is 7.69. The zero-order valence-electron chi connectivity index (χ0n) is 11.0. The molecule has 2 unspecified atom stereocenters. The van der Waals surface area contributed by atoms with Gasteiger partial charge in [-0.3, -0.25) is 4.68 Å². The molecule has 3 nitrogen and oxygen atoms in total. The number of rotatable bonds is 7. The van der Waals surface area contributed by atoms with Crippen molar-refractivity contribution in [3.05, 3.63) is 18.0 Å². The van der Waals surface area contributed by atoms with E-state index in [4.69, 9.17) is 0 Å². The topological polar surface area (TPSA) is 29.9 Å². The smallest absolute Gasteiger partial charge is 0.0550 e. The van der Waals surface area contributed by atoms with Crippen molar-refractivity contribution < 1.29 is 0 Å². The molecule has 1 aromatic rings. The van der Waals surface area contributed by atoms with Gasteiger partial charge in [-0.05, 0) is 31.4 Å². The molecule has 0 aliphatic heterocycles. The van der Waals surface area contributed by atoms with E-state index < -0.39 is 0 Å². The number of nitrogens with one attached hydrogen (secondary N) is 1. The van der Waals surface area contributed by atoms with Gasteiger partial charge in [-0.2, -0.15) is 5.10 Å². The van der Waals surface area contributed by atoms with Gasteiger partial charge in [-0.25, -0.2) is 0 Å². The highest BCUT2D eigenvalue weighted by Crippen LogP contribution is 2.22. The Labute approximate surface area is 99.2 Å². The summed E-state index contributed by atoms with van der Waals surface area (Å²) in [6.07, 6.45) is 5.49. The summed E-state index contributed by atoms with van der Waals surface area (Å²) in [5, 5.41) is 7.87. The summed E-state index contributed by atoms with van der Waals surface area (Å²) in [6.45, 7) is 7.85. The average Bonchev–Trinajstić information content (AvgIpc) is 2.70. The molecule has 0 radical (unpaired) electrons. The normalized spacial score (nSPS) is 15.0. The van der Waals surface area contributed by atoms with Crippen molar-refractivity contribution in [3.8, 4) is 0 Å². The fourth-order valence-electron chi connectivity index (χ4n) is 1.92. The summed E-state index contributed by atoms with van der Waals surface area (Å²) < 4.78 is 1.98. The van der Waals surface area contributed by atoms with Gasteiger partial charge in [0, 0.05) is 19.3 Å². The predicted octanol–water partition coefficient (Wildman–Crippen LogP) is 2.90. The standard InChI is InChI=1S/C13H25N3/c1-5-8-14-12(10-11(3)6-2)13-7-9-15-16(13)4/h7,9,11-12,14H,5-6,8,10H2,1-4H3. The minimum absolute atomic E-state index is 0.447. The molecular weight excluding hydrogens is 198 g/mol. The van der Waals surface area contributed by atoms with Gasteiger partial charge in [0.1, 0.15) is 0 Å². The maximum absolute atomic E-state index is 4.26. The first-order valence-electron chi connectivity index (χ1n) is 6.40. The van der Waals surface area contributed by atoms with Crippen LogP contribution in [0.15, 0.2) is 12.3 Å². The van der Waals surface area contributed by atoms with Gasteiger partial charge in [0.15, 0.2) is 0 Å². The van der Waals surface area contributed by atoms with Gasteiger partial charge in [0.05, 0.1) is 5.69 Å². The fraction of sp³-hybridized carbons (Fsp3) is 0.769. The Morgan fingerprint density at radius 2 is 2.19 bits per heavy atom. The molecule has 3 heteroatoms. The van der Waals surface area contributed by atoms with Crippen LogP contribution in [-0.2, 0) is 7.05 Å². The van der Waals surface area contributed by atoms with Gasteiger partial charge in [-0.15, -0.1) is 0 Å². The minimum Gasteiger partial charge on any atom is -0.309 e. The van der Waals surface area contributed by atoms with Crippen molar-refractivity contribution in [1.82, 2.24) is 15.1 Å². The lowest BCUT2D eigenvalue weighted by Gasteiger charge is -2.21. The van der Waals surface area contributed by atoms with Crippen molar-refractivity contribution in [2.24, 2.45) is 13.0 Å². The third-order valence-corrected chi connectivity index (χ3v) is 3.19. The van der Waals surface area contributed by atoms with Crippen LogP contribution in [0.2, 0.25) is 0 Å². The lowest BCUT2D eigenvalue weighted by atomic mass is 9.97. The molecule has 0 amide bonds. The van der Waals surface area contributed by atoms with Crippen LogP contribution in [0.25, 0.3) is 0 Å². The van der Waals surface area contributed by atoms with E-state index in [1.807, 2.05) is 17.9 Å². The van der Waals surface area contributed by atoms with Crippen molar-refractivity contribution in [1.29, 1.82) is 0 Å². The van der Waals surface area contributed by atoms with Crippen molar-refractivity contribution in [2.75, 3.05) is 6.54 Å². The number of aromatic nitrogens is 2. The average molecular weight is 223 g/mol. The molecule has 0 aliphatic carbocycles. The molecule has 1 N–H and O–H groups in total. The third kappa shape index (κ3) is 3.63. The predicted molar refractivity (Wildman–Crippen MR) is 68.3 cm³/mol. The van der Waals surface area contributed by atoms with Gasteiger partial charge >= 0.3 is 0 Å². The van der Waals surface area contributed by atoms with Crippen LogP contribution in [-0.4, -0.2) is 16.3 Å². The zero-order chi connectivity index (χ0) is 12.0. The summed E-state index contributed by atoms with van der Waals surface area (Å²) >= 11 is 0. The molecule has 16 heavy (non-hydrogen) atoms. The second-order valence-corrected chi connectivity index (χ2v) is 4.64. The Hall–Kier alpha value is -0.830. The second kappa shape index (κ2) is 6.69. The molecule has 0 aromatic carbocycles. The molecule has 0 aliphatic rings. The fourth-order valence-corrected chi connectivity index (χ4v) is 1.92. The van der Waals surface area contributed by atoms with E-state index >= 15 is 0 Å². The molecule has 0 bridgehead atoms. The molecule has 2 atom stereocenters. The first-order valence-corrected chi connectivity index (χ1v) is 6.40. The van der Waals surface area contributed by atoms with E-state index in [1.54, 1.807) is 0 Å². The lowest BCUT2D eigenvalue weighted by Crippen LogP contribution is -2.25. The van der Waals surface area contributed by atoms with E-state index in [1.165, 1.54) is 25.0 Å². The molecule has 0 fully saturated rings. The molecule has 0 spiro atoms. The third-order valence-electron chi connectivity index (χ3n) is 3.19. The quantitative estimate of drug-likeness (QED) is 0.770. The van der Waals surface area contributed by atoms with Crippen molar-refractivity contribution in [3.63, 3.8) is 0 Å². The highest BCUT2D eigenvalue weighted by atomic mass is 15.3. The molecule has 1 heterocycles. The molecular formula is C13H25N3. The number of nitrogens with zero attached hydrogens (tertiary/aromatic N) is 2. The van der Waals surface area contributed by atoms with E-state index in [2.05, 4.69) is 37.3 Å². The van der Waals surface area contributed by atoms with Crippen LogP contribution < -0.4 is 5.32 Å². The van der Waals surface area contributed by atoms with Crippen LogP contribution in [0.3, 0.4) is 0 Å². The van der Waals surface area contributed by atoms with Crippen molar-refractivity contribution in [2.45, 2.75) is 46.1 Å². The number of aryl methyl sites for hydroxylation is 1. The Balaban J connectivity index is 2.67. The molecule has 1 rings (SSSR count). The molecule has 0 saturated carbocycles. The summed E-state index contributed by atoms with van der Waals surface area (Å²) in [5.74, 6) is 0.754. The molecule has 0 saturated heterocycles. The SMILES string of the molecule is CCCNC(CC(C)CC)c1ccnn1C. The monoisotopic (exact) mass is 223 g/mol. The summed E-state index contributed by atoms with van der Waals surface area (Å²) in [4.78, 5) is 0. The van der Waals surface area contributed by atoms with Gasteiger partial charge in [0.25, 0.3) is 0 Å². The number of hydrogen-bond donors (Lipinski definition) is 1. The Morgan fingerprint density at radius 3 is 2.69 bits per heavy atom. The van der Waals surface area contributed by atoms with E-state index in [0.717, 1.165) is 12.5 Å². The van der Waals surface area contributed by atoms with Crippen LogP contribution >= 0.6 is 0 Å². The van der Waals surface area contributed by atoms with Crippen LogP contribution in [0.1, 0.15) is 51.8 Å². The summed E-state index contributed by atoms with van der Waals surface area (Å²) in [6, 6.07) is 2.57. The van der Waals surface area contributed by atoms with Gasteiger partial charge < -0.3 is 5.32 Å². The number of hydrogen-bond acceptors (Lipinski definition) is 2. The summed E-state index contributed by atoms with van der Waals surface area (Å²) in [7, 11) is 2.02. The van der Waals surface area contributed by atoms with E-state index in [9.17, 15) is 0 Å². The van der Waals surface area contributed by atoms with E-state index in [-0.39, 0.29) is 0 Å². The highest BCUT2D eigenvalue weighted by molar-refractivity contribution is 5.06. The first kappa shape index (κ1) is 13.2. The maximum atomic E-state index is 4.26. The highest BCUT2D eigenvalue weighted by Gasteiger charge is 2.16. The molecule has 1 aromatic heterocycles. The Bertz CT molecular complexity index is 293. The maximum Gasteiger partial charge on any atom is 0.0550 e. The van der Waals surface area contributed by atoms with Gasteiger partial charge in [0.2, 0.25) is 0 Å². The largest absolute Gasteiger partial charge is 0.309 e. The molecule has 92 valence electrons. The Kier molecular flexibility index (Phi) is 5.53. The second-order valence-electron chi connectivity index (χ2n) is 4.64. The van der Waals surface area contributed by atoms with Crippen LogP contribution in [0.5, 0.6) is 0 Å². The minimum atomic E-state index is 0.447. The van der Waals surface area contributed by atoms with Crippen LogP contribution in [0.4, 0.5) is 0 Å². The summed E-state index contributed by atoms with van der Waals surface area (Å²) in [5.41, 5.74) is 1.30. The van der Waals surface area contributed by atoms with Gasteiger partial charge in [-0.1, -0.05) is 27.2 Å². The lowest BCUT2D eigenvalue weighted by molar-refractivity contribution is 0.386. The van der Waals surface area contributed by atoms with Crippen LogP contribution in [0, 0.1) is 5.92 Å². The van der Waals surface area contributed by atoms with E-state index in [0.29, 0.717) is 6.04 Å².